The van der Waals surface area contributed by atoms with Gasteiger partial charge in [-0.2, -0.15) is 0 Å². The maximum Gasteiger partial charge on any atom is 0.222 e. The minimum atomic E-state index is -2.32. The maximum atomic E-state index is 11.1. The molecule has 1 saturated heterocycles. The minimum Gasteiger partial charge on any atom is -0.490 e. The average Bonchev–Trinajstić information content (AvgIpc) is 2.83. The van der Waals surface area contributed by atoms with Gasteiger partial charge in [0.05, 0.1) is 12.7 Å². The number of ether oxygens (including phenoxy) is 2. The van der Waals surface area contributed by atoms with Crippen LogP contribution in [0.25, 0.3) is 0 Å². The highest BCUT2D eigenvalue weighted by atomic mass is 35.5. The normalized spacial score (nSPS) is 30.8. The van der Waals surface area contributed by atoms with Gasteiger partial charge in [-0.3, -0.25) is 0 Å². The summed E-state index contributed by atoms with van der Waals surface area (Å²) in [5.74, 6) is -1.48. The molecule has 0 spiro atoms. The van der Waals surface area contributed by atoms with Crippen LogP contribution in [0.15, 0.2) is 42.5 Å². The molecule has 7 nitrogen and oxygen atoms in total. The van der Waals surface area contributed by atoms with Crippen LogP contribution in [-0.2, 0) is 16.9 Å². The summed E-state index contributed by atoms with van der Waals surface area (Å²) in [6.45, 7) is -0.636. The molecule has 0 unspecified atom stereocenters. The van der Waals surface area contributed by atoms with E-state index in [-0.39, 0.29) is 11.7 Å². The van der Waals surface area contributed by atoms with Crippen LogP contribution < -0.4 is 4.74 Å². The van der Waals surface area contributed by atoms with Crippen molar-refractivity contribution >= 4 is 11.6 Å². The van der Waals surface area contributed by atoms with Gasteiger partial charge in [0, 0.05) is 10.6 Å². The van der Waals surface area contributed by atoms with Crippen LogP contribution in [-0.4, -0.2) is 62.7 Å². The lowest BCUT2D eigenvalue weighted by Gasteiger charge is -2.45. The van der Waals surface area contributed by atoms with Crippen molar-refractivity contribution in [3.63, 3.8) is 0 Å². The standard InChI is InChI=1S/C25H31ClO7/c26-20-11-8-17(25(31)24(30)23(29)22(28)21(14-27)33-25)13-16(20)12-15-6-9-19(10-7-15)32-18-4-2-1-3-5-18/h6-11,13,18,21-24,27-31H,1-5,12,14H2/t21-,22-,23+,24-,25+/m1/s1. The summed E-state index contributed by atoms with van der Waals surface area (Å²) >= 11 is 6.40. The van der Waals surface area contributed by atoms with Crippen LogP contribution in [0, 0.1) is 0 Å². The van der Waals surface area contributed by atoms with Gasteiger partial charge in [-0.05, 0) is 67.5 Å². The largest absolute Gasteiger partial charge is 0.490 e. The monoisotopic (exact) mass is 478 g/mol. The first-order chi connectivity index (χ1) is 15.8. The van der Waals surface area contributed by atoms with Gasteiger partial charge in [0.15, 0.2) is 0 Å². The molecule has 33 heavy (non-hydrogen) atoms. The van der Waals surface area contributed by atoms with E-state index in [1.807, 2.05) is 24.3 Å². The fourth-order valence-electron chi connectivity index (χ4n) is 4.61. The van der Waals surface area contributed by atoms with Crippen LogP contribution in [0.4, 0.5) is 0 Å². The lowest BCUT2D eigenvalue weighted by molar-refractivity contribution is -0.357. The van der Waals surface area contributed by atoms with E-state index in [2.05, 4.69) is 0 Å². The Morgan fingerprint density at radius 2 is 1.67 bits per heavy atom. The van der Waals surface area contributed by atoms with Gasteiger partial charge in [-0.25, -0.2) is 0 Å². The Kier molecular flexibility index (Phi) is 7.60. The van der Waals surface area contributed by atoms with Crippen LogP contribution in [0.3, 0.4) is 0 Å². The Hall–Kier alpha value is -1.71. The number of halogens is 1. The third-order valence-corrected chi connectivity index (χ3v) is 6.97. The molecule has 2 aromatic rings. The molecule has 1 aliphatic heterocycles. The summed E-state index contributed by atoms with van der Waals surface area (Å²) in [6.07, 6.45) is 0.276. The molecule has 5 N–H and O–H groups in total. The Labute approximate surface area is 198 Å². The molecular weight excluding hydrogens is 448 g/mol. The van der Waals surface area contributed by atoms with Crippen LogP contribution >= 0.6 is 11.6 Å². The highest BCUT2D eigenvalue weighted by Crippen LogP contribution is 2.38. The molecule has 4 rings (SSSR count). The zero-order valence-corrected chi connectivity index (χ0v) is 19.1. The molecule has 0 radical (unpaired) electrons. The van der Waals surface area contributed by atoms with Crippen LogP contribution in [0.5, 0.6) is 5.75 Å². The van der Waals surface area contributed by atoms with Gasteiger partial charge in [0.25, 0.3) is 0 Å². The zero-order valence-electron chi connectivity index (χ0n) is 18.3. The molecule has 1 aliphatic carbocycles. The molecule has 2 fully saturated rings. The van der Waals surface area contributed by atoms with Crippen LogP contribution in [0.1, 0.15) is 48.8 Å². The Morgan fingerprint density at radius 1 is 0.970 bits per heavy atom. The molecule has 0 amide bonds. The molecule has 1 saturated carbocycles. The van der Waals surface area contributed by atoms with E-state index in [1.165, 1.54) is 25.3 Å². The first-order valence-electron chi connectivity index (χ1n) is 11.4. The number of hydrogen-bond acceptors (Lipinski definition) is 7. The average molecular weight is 479 g/mol. The van der Waals surface area contributed by atoms with Crippen molar-refractivity contribution in [2.24, 2.45) is 0 Å². The highest BCUT2D eigenvalue weighted by Gasteiger charge is 2.53. The summed E-state index contributed by atoms with van der Waals surface area (Å²) in [6, 6.07) is 12.4. The quantitative estimate of drug-likeness (QED) is 0.432. The predicted molar refractivity (Wildman–Crippen MR) is 122 cm³/mol. The first-order valence-corrected chi connectivity index (χ1v) is 11.8. The second-order valence-electron chi connectivity index (χ2n) is 8.97. The molecule has 2 aromatic carbocycles. The third-order valence-electron chi connectivity index (χ3n) is 6.60. The predicted octanol–water partition coefficient (Wildman–Crippen LogP) is 2.26. The second-order valence-corrected chi connectivity index (χ2v) is 9.37. The van der Waals surface area contributed by atoms with Crippen molar-refractivity contribution < 1.29 is 35.0 Å². The van der Waals surface area contributed by atoms with Gasteiger partial charge in [0.1, 0.15) is 30.2 Å². The molecule has 180 valence electrons. The van der Waals surface area contributed by atoms with Gasteiger partial charge in [-0.15, -0.1) is 0 Å². The minimum absolute atomic E-state index is 0.163. The Bertz CT molecular complexity index is 929. The van der Waals surface area contributed by atoms with Crippen LogP contribution in [0.2, 0.25) is 5.02 Å². The molecule has 0 aromatic heterocycles. The van der Waals surface area contributed by atoms with E-state index in [1.54, 1.807) is 12.1 Å². The summed E-state index contributed by atoms with van der Waals surface area (Å²) in [5, 5.41) is 51.5. The molecule has 0 bridgehead atoms. The SMILES string of the molecule is OC[C@H]1O[C@@](O)(c2ccc(Cl)c(Cc3ccc(OC4CCCCC4)cc3)c2)[C@H](O)[C@@H](O)[C@@H]1O. The van der Waals surface area contributed by atoms with Crippen molar-refractivity contribution in [1.82, 2.24) is 0 Å². The topological polar surface area (TPSA) is 120 Å². The number of aliphatic hydroxyl groups is 5. The van der Waals surface area contributed by atoms with Crippen molar-refractivity contribution in [3.05, 3.63) is 64.2 Å². The van der Waals surface area contributed by atoms with E-state index in [0.717, 1.165) is 24.2 Å². The second kappa shape index (κ2) is 10.3. The summed E-state index contributed by atoms with van der Waals surface area (Å²) in [7, 11) is 0. The first kappa shape index (κ1) is 24.4. The maximum absolute atomic E-state index is 11.1. The van der Waals surface area contributed by atoms with Gasteiger partial charge in [0.2, 0.25) is 5.79 Å². The van der Waals surface area contributed by atoms with Crippen molar-refractivity contribution in [2.75, 3.05) is 6.61 Å². The molecule has 8 heteroatoms. The van der Waals surface area contributed by atoms with Crippen molar-refractivity contribution in [2.45, 2.75) is 74.8 Å². The molecule has 5 atom stereocenters. The number of hydrogen-bond donors (Lipinski definition) is 5. The Morgan fingerprint density at radius 3 is 2.33 bits per heavy atom. The van der Waals surface area contributed by atoms with E-state index < -0.39 is 36.8 Å². The van der Waals surface area contributed by atoms with Gasteiger partial charge in [-0.1, -0.05) is 36.2 Å². The molecule has 2 aliphatic rings. The fourth-order valence-corrected chi connectivity index (χ4v) is 4.79. The smallest absolute Gasteiger partial charge is 0.222 e. The number of rotatable bonds is 6. The highest BCUT2D eigenvalue weighted by molar-refractivity contribution is 6.31. The van der Waals surface area contributed by atoms with E-state index in [4.69, 9.17) is 21.1 Å². The summed E-state index contributed by atoms with van der Waals surface area (Å²) < 4.78 is 11.5. The summed E-state index contributed by atoms with van der Waals surface area (Å²) in [4.78, 5) is 0. The van der Waals surface area contributed by atoms with Gasteiger partial charge < -0.3 is 35.0 Å². The van der Waals surface area contributed by atoms with Crippen molar-refractivity contribution in [3.8, 4) is 5.75 Å². The number of benzene rings is 2. The summed E-state index contributed by atoms with van der Waals surface area (Å²) in [5.41, 5.74) is 1.82. The van der Waals surface area contributed by atoms with Gasteiger partial charge >= 0.3 is 0 Å². The molecular formula is C25H31ClO7. The van der Waals surface area contributed by atoms with E-state index in [0.29, 0.717) is 17.0 Å². The van der Waals surface area contributed by atoms with E-state index >= 15 is 0 Å². The third kappa shape index (κ3) is 5.20. The number of aliphatic hydroxyl groups excluding tert-OH is 4. The van der Waals surface area contributed by atoms with Crippen molar-refractivity contribution in [1.29, 1.82) is 0 Å². The lowest BCUT2D eigenvalue weighted by Crippen LogP contribution is -2.63. The van der Waals surface area contributed by atoms with E-state index in [9.17, 15) is 25.5 Å². The Balaban J connectivity index is 1.51. The lowest BCUT2D eigenvalue weighted by atomic mass is 9.87. The zero-order chi connectivity index (χ0) is 23.6. The molecule has 1 heterocycles. The fraction of sp³-hybridized carbons (Fsp3) is 0.520.